The molecule has 17 heavy (non-hydrogen) atoms. The zero-order valence-corrected chi connectivity index (χ0v) is 11.2. The maximum absolute atomic E-state index is 10.7. The maximum atomic E-state index is 10.7. The van der Waals surface area contributed by atoms with Gasteiger partial charge in [-0.1, -0.05) is 39.5 Å². The fraction of sp³-hybridized carbons (Fsp3) is 0.786. The summed E-state index contributed by atoms with van der Waals surface area (Å²) >= 11 is 0. The van der Waals surface area contributed by atoms with Crippen molar-refractivity contribution in [3.63, 3.8) is 0 Å². The highest BCUT2D eigenvalue weighted by atomic mass is 16.7. The van der Waals surface area contributed by atoms with E-state index in [4.69, 9.17) is 9.47 Å². The predicted molar refractivity (Wildman–Crippen MR) is 69.7 cm³/mol. The second kappa shape index (κ2) is 13.2. The second-order valence-electron chi connectivity index (χ2n) is 4.10. The molecular weight excluding hydrogens is 216 g/mol. The molecule has 0 aromatic carbocycles. The van der Waals surface area contributed by atoms with Crippen molar-refractivity contribution in [1.82, 2.24) is 0 Å². The molecule has 0 aromatic heterocycles. The molecule has 0 aromatic rings. The number of ether oxygens (including phenoxy) is 2. The van der Waals surface area contributed by atoms with E-state index in [1.807, 2.05) is 6.08 Å². The standard InChI is InChI=1S/C14H26O3/c1-3-5-7-9-11-16-13-17-14(12-15)10-8-6-4-2/h10,12H,3-9,11,13H2,1-2H3/b14-10+. The predicted octanol–water partition coefficient (Wildman–Crippen LogP) is 3.83. The van der Waals surface area contributed by atoms with Gasteiger partial charge in [-0.25, -0.2) is 0 Å². The first-order valence-electron chi connectivity index (χ1n) is 6.71. The Morgan fingerprint density at radius 3 is 2.47 bits per heavy atom. The minimum atomic E-state index is 0.183. The quantitative estimate of drug-likeness (QED) is 0.171. The van der Waals surface area contributed by atoms with E-state index >= 15 is 0 Å². The van der Waals surface area contributed by atoms with Crippen LogP contribution in [-0.4, -0.2) is 19.7 Å². The van der Waals surface area contributed by atoms with Gasteiger partial charge >= 0.3 is 0 Å². The lowest BCUT2D eigenvalue weighted by Gasteiger charge is -2.06. The van der Waals surface area contributed by atoms with Gasteiger partial charge in [-0.2, -0.15) is 0 Å². The molecule has 3 nitrogen and oxygen atoms in total. The molecule has 0 aliphatic rings. The molecule has 0 amide bonds. The van der Waals surface area contributed by atoms with Gasteiger partial charge in [0.2, 0.25) is 0 Å². The highest BCUT2D eigenvalue weighted by Crippen LogP contribution is 2.02. The number of allylic oxidation sites excluding steroid dienone is 2. The molecule has 0 aliphatic carbocycles. The Bertz CT molecular complexity index is 200. The Morgan fingerprint density at radius 1 is 1.06 bits per heavy atom. The number of hydrogen-bond acceptors (Lipinski definition) is 3. The van der Waals surface area contributed by atoms with Crippen LogP contribution in [0.15, 0.2) is 11.8 Å². The van der Waals surface area contributed by atoms with Crippen molar-refractivity contribution in [2.75, 3.05) is 13.4 Å². The molecule has 0 saturated heterocycles. The third kappa shape index (κ3) is 11.4. The van der Waals surface area contributed by atoms with Gasteiger partial charge in [-0.05, 0) is 25.3 Å². The summed E-state index contributed by atoms with van der Waals surface area (Å²) < 4.78 is 10.5. The molecule has 0 atom stereocenters. The normalized spacial score (nSPS) is 11.5. The van der Waals surface area contributed by atoms with Crippen molar-refractivity contribution in [3.05, 3.63) is 11.8 Å². The number of rotatable bonds is 12. The smallest absolute Gasteiger partial charge is 0.189 e. The fourth-order valence-corrected chi connectivity index (χ4v) is 1.39. The van der Waals surface area contributed by atoms with Crippen molar-refractivity contribution in [2.24, 2.45) is 0 Å². The molecule has 0 unspecified atom stereocenters. The molecule has 0 rings (SSSR count). The summed E-state index contributed by atoms with van der Waals surface area (Å²) in [5, 5.41) is 0. The summed E-state index contributed by atoms with van der Waals surface area (Å²) in [5.74, 6) is 0.395. The maximum Gasteiger partial charge on any atom is 0.189 e. The highest BCUT2D eigenvalue weighted by Gasteiger charge is 1.95. The Kier molecular flexibility index (Phi) is 12.6. The van der Waals surface area contributed by atoms with Crippen LogP contribution in [0, 0.1) is 0 Å². The Balaban J connectivity index is 3.43. The van der Waals surface area contributed by atoms with Gasteiger partial charge in [0.1, 0.15) is 0 Å². The first-order valence-corrected chi connectivity index (χ1v) is 6.71. The number of aldehydes is 1. The van der Waals surface area contributed by atoms with E-state index in [1.54, 1.807) is 0 Å². The summed E-state index contributed by atoms with van der Waals surface area (Å²) in [6.45, 7) is 5.19. The van der Waals surface area contributed by atoms with E-state index in [2.05, 4.69) is 13.8 Å². The van der Waals surface area contributed by atoms with Crippen molar-refractivity contribution in [3.8, 4) is 0 Å². The second-order valence-corrected chi connectivity index (χ2v) is 4.10. The molecule has 0 bridgehead atoms. The van der Waals surface area contributed by atoms with Crippen LogP contribution < -0.4 is 0 Å². The fourth-order valence-electron chi connectivity index (χ4n) is 1.39. The minimum absolute atomic E-state index is 0.183. The molecule has 0 saturated carbocycles. The first kappa shape index (κ1) is 16.2. The van der Waals surface area contributed by atoms with E-state index < -0.39 is 0 Å². The zero-order valence-electron chi connectivity index (χ0n) is 11.2. The van der Waals surface area contributed by atoms with Crippen LogP contribution in [0.4, 0.5) is 0 Å². The average molecular weight is 242 g/mol. The van der Waals surface area contributed by atoms with E-state index in [1.165, 1.54) is 19.3 Å². The lowest BCUT2D eigenvalue weighted by atomic mass is 10.2. The van der Waals surface area contributed by atoms with Gasteiger partial charge in [0, 0.05) is 0 Å². The van der Waals surface area contributed by atoms with Crippen molar-refractivity contribution >= 4 is 6.29 Å². The van der Waals surface area contributed by atoms with Gasteiger partial charge < -0.3 is 9.47 Å². The van der Waals surface area contributed by atoms with Gasteiger partial charge in [-0.15, -0.1) is 0 Å². The third-order valence-corrected chi connectivity index (χ3v) is 2.47. The third-order valence-electron chi connectivity index (χ3n) is 2.47. The molecule has 100 valence electrons. The van der Waals surface area contributed by atoms with E-state index in [0.29, 0.717) is 12.4 Å². The van der Waals surface area contributed by atoms with Crippen LogP contribution in [0.1, 0.15) is 58.8 Å². The monoisotopic (exact) mass is 242 g/mol. The van der Waals surface area contributed by atoms with Gasteiger partial charge in [0.25, 0.3) is 0 Å². The Morgan fingerprint density at radius 2 is 1.82 bits per heavy atom. The summed E-state index contributed by atoms with van der Waals surface area (Å²) in [6.07, 6.45) is 10.4. The van der Waals surface area contributed by atoms with Crippen molar-refractivity contribution in [1.29, 1.82) is 0 Å². The Labute approximate surface area is 105 Å². The Hall–Kier alpha value is -0.830. The number of carbonyl (C=O) groups excluding carboxylic acids is 1. The van der Waals surface area contributed by atoms with Crippen molar-refractivity contribution in [2.45, 2.75) is 58.8 Å². The lowest BCUT2D eigenvalue weighted by Crippen LogP contribution is -2.02. The molecule has 0 N–H and O–H groups in total. The molecule has 0 aliphatic heterocycles. The van der Waals surface area contributed by atoms with Crippen molar-refractivity contribution < 1.29 is 14.3 Å². The summed E-state index contributed by atoms with van der Waals surface area (Å²) in [5.41, 5.74) is 0. The summed E-state index contributed by atoms with van der Waals surface area (Å²) in [7, 11) is 0. The molecular formula is C14H26O3. The number of unbranched alkanes of at least 4 members (excludes halogenated alkanes) is 5. The molecule has 0 radical (unpaired) electrons. The molecule has 3 heteroatoms. The number of carbonyl (C=O) groups is 1. The van der Waals surface area contributed by atoms with Crippen LogP contribution in [0.25, 0.3) is 0 Å². The van der Waals surface area contributed by atoms with Crippen LogP contribution >= 0.6 is 0 Å². The largest absolute Gasteiger partial charge is 0.464 e. The summed E-state index contributed by atoms with van der Waals surface area (Å²) in [6, 6.07) is 0. The van der Waals surface area contributed by atoms with Crippen LogP contribution in [0.3, 0.4) is 0 Å². The summed E-state index contributed by atoms with van der Waals surface area (Å²) in [4.78, 5) is 10.7. The van der Waals surface area contributed by atoms with Crippen LogP contribution in [0.2, 0.25) is 0 Å². The highest BCUT2D eigenvalue weighted by molar-refractivity contribution is 5.69. The average Bonchev–Trinajstić information content (AvgIpc) is 2.35. The van der Waals surface area contributed by atoms with E-state index in [9.17, 15) is 4.79 Å². The van der Waals surface area contributed by atoms with Gasteiger partial charge in [-0.3, -0.25) is 4.79 Å². The van der Waals surface area contributed by atoms with E-state index in [-0.39, 0.29) is 6.79 Å². The first-order chi connectivity index (χ1) is 8.35. The zero-order chi connectivity index (χ0) is 12.8. The minimum Gasteiger partial charge on any atom is -0.464 e. The van der Waals surface area contributed by atoms with Gasteiger partial charge in [0.15, 0.2) is 18.8 Å². The molecule has 0 heterocycles. The topological polar surface area (TPSA) is 35.5 Å². The SMILES string of the molecule is CCCC/C=C(\C=O)OCOCCCCCC. The van der Waals surface area contributed by atoms with Crippen LogP contribution in [0.5, 0.6) is 0 Å². The van der Waals surface area contributed by atoms with E-state index in [0.717, 1.165) is 32.0 Å². The molecule has 0 fully saturated rings. The van der Waals surface area contributed by atoms with Crippen LogP contribution in [-0.2, 0) is 14.3 Å². The number of hydrogen-bond donors (Lipinski definition) is 0. The van der Waals surface area contributed by atoms with Gasteiger partial charge in [0.05, 0.1) is 6.61 Å². The molecule has 0 spiro atoms. The lowest BCUT2D eigenvalue weighted by molar-refractivity contribution is -0.111.